The summed E-state index contributed by atoms with van der Waals surface area (Å²) in [7, 11) is 0. The summed E-state index contributed by atoms with van der Waals surface area (Å²) in [6, 6.07) is 20.6. The second kappa shape index (κ2) is 15.0. The molecule has 14 nitrogen and oxygen atoms in total. The number of aromatic hydroxyl groups is 2. The molecule has 228 valence electrons. The molecule has 0 heterocycles. The first-order valence-corrected chi connectivity index (χ1v) is 12.3. The van der Waals surface area contributed by atoms with Crippen LogP contribution in [-0.4, -0.2) is 61.7 Å². The topological polar surface area (TPSA) is 227 Å². The summed E-state index contributed by atoms with van der Waals surface area (Å²) in [4.78, 5) is 43.1. The van der Waals surface area contributed by atoms with Crippen molar-refractivity contribution in [3.8, 4) is 34.5 Å². The second-order valence-electron chi connectivity index (χ2n) is 8.53. The molecule has 0 saturated carbocycles. The van der Waals surface area contributed by atoms with Crippen molar-refractivity contribution in [2.45, 2.75) is 6.42 Å². The highest BCUT2D eigenvalue weighted by molar-refractivity contribution is 5.91. The average molecular weight is 609 g/mol. The molecule has 0 aliphatic rings. The van der Waals surface area contributed by atoms with E-state index in [1.807, 2.05) is 0 Å². The van der Waals surface area contributed by atoms with E-state index in [9.17, 15) is 29.4 Å². The average Bonchev–Trinajstić information content (AvgIpc) is 2.97. The van der Waals surface area contributed by atoms with Crippen molar-refractivity contribution in [2.75, 3.05) is 6.79 Å². The molecule has 4 aromatic carbocycles. The zero-order valence-corrected chi connectivity index (χ0v) is 22.4. The molecule has 0 unspecified atom stereocenters. The minimum atomic E-state index is -1.56. The van der Waals surface area contributed by atoms with Crippen LogP contribution in [0.25, 0.3) is 0 Å². The fraction of sp³-hybridized carbons (Fsp3) is 0.0667. The number of rotatable bonds is 10. The van der Waals surface area contributed by atoms with Crippen LogP contribution in [0.1, 0.15) is 31.8 Å². The lowest BCUT2D eigenvalue weighted by Gasteiger charge is -2.11. The summed E-state index contributed by atoms with van der Waals surface area (Å²) in [6.45, 7) is -0.297. The van der Waals surface area contributed by atoms with Crippen LogP contribution in [0.4, 0.5) is 9.59 Å². The van der Waals surface area contributed by atoms with Gasteiger partial charge in [0.25, 0.3) is 0 Å². The summed E-state index contributed by atoms with van der Waals surface area (Å²) >= 11 is 0. The molecule has 0 aromatic heterocycles. The maximum Gasteiger partial charge on any atom is 0.511 e. The molecule has 14 heteroatoms. The standard InChI is InChI=1S/C15H12O8.C15H12O6/c16-10-3-1-8(6-12(10)22-14(18)19)5-9-2-4-11(17)13(7-9)23-15(20)21;16-14(17)10-5-1-3-7-12(10)20-9-21-13-8-4-2-6-11(13)15(18)19/h1-4,6-7,16-17H,5H2,(H,18,19)(H,20,21);1-8H,9H2,(H,16,17)(H,18,19). The second-order valence-corrected chi connectivity index (χ2v) is 8.53. The van der Waals surface area contributed by atoms with Crippen LogP contribution in [0.2, 0.25) is 0 Å². The van der Waals surface area contributed by atoms with E-state index < -0.39 is 24.2 Å². The van der Waals surface area contributed by atoms with Gasteiger partial charge in [-0.05, 0) is 66.1 Å². The van der Waals surface area contributed by atoms with Crippen LogP contribution >= 0.6 is 0 Å². The Morgan fingerprint density at radius 2 is 0.909 bits per heavy atom. The maximum atomic E-state index is 11.0. The minimum absolute atomic E-state index is 0.00706. The lowest BCUT2D eigenvalue weighted by atomic mass is 10.0. The van der Waals surface area contributed by atoms with Gasteiger partial charge in [0.15, 0.2) is 23.0 Å². The smallest absolute Gasteiger partial charge is 0.504 e. The quantitative estimate of drug-likeness (QED) is 0.0763. The number of hydrogen-bond acceptors (Lipinski definition) is 10. The van der Waals surface area contributed by atoms with Crippen LogP contribution in [-0.2, 0) is 6.42 Å². The fourth-order valence-electron chi connectivity index (χ4n) is 3.62. The largest absolute Gasteiger partial charge is 0.511 e. The van der Waals surface area contributed by atoms with Crippen molar-refractivity contribution < 1.29 is 68.8 Å². The van der Waals surface area contributed by atoms with Gasteiger partial charge < -0.3 is 49.6 Å². The highest BCUT2D eigenvalue weighted by Gasteiger charge is 2.14. The van der Waals surface area contributed by atoms with Crippen molar-refractivity contribution in [1.29, 1.82) is 0 Å². The van der Waals surface area contributed by atoms with Crippen molar-refractivity contribution in [1.82, 2.24) is 0 Å². The third-order valence-electron chi connectivity index (χ3n) is 5.52. The number of benzene rings is 4. The van der Waals surface area contributed by atoms with E-state index in [1.54, 1.807) is 36.4 Å². The lowest BCUT2D eigenvalue weighted by molar-refractivity contribution is 0.0679. The Bertz CT molecular complexity index is 1540. The first-order chi connectivity index (χ1) is 20.9. The first kappa shape index (κ1) is 32.1. The SMILES string of the molecule is O=C(O)Oc1cc(Cc2ccc(O)c(OC(=O)O)c2)ccc1O.O=C(O)c1ccccc1OCOc1ccccc1C(=O)O. The molecule has 0 radical (unpaired) electrons. The Morgan fingerprint density at radius 3 is 1.27 bits per heavy atom. The highest BCUT2D eigenvalue weighted by atomic mass is 16.7. The number of hydrogen-bond donors (Lipinski definition) is 6. The van der Waals surface area contributed by atoms with Gasteiger partial charge in [0, 0.05) is 0 Å². The van der Waals surface area contributed by atoms with E-state index >= 15 is 0 Å². The van der Waals surface area contributed by atoms with E-state index in [4.69, 9.17) is 29.9 Å². The van der Waals surface area contributed by atoms with Crippen molar-refractivity contribution in [3.63, 3.8) is 0 Å². The Hall–Kier alpha value is -6.44. The Morgan fingerprint density at radius 1 is 0.523 bits per heavy atom. The van der Waals surface area contributed by atoms with E-state index in [-0.39, 0.29) is 58.8 Å². The van der Waals surface area contributed by atoms with Gasteiger partial charge in [-0.1, -0.05) is 36.4 Å². The third-order valence-corrected chi connectivity index (χ3v) is 5.52. The molecule has 4 rings (SSSR count). The van der Waals surface area contributed by atoms with Crippen LogP contribution in [0.5, 0.6) is 34.5 Å². The molecule has 0 atom stereocenters. The number of carboxylic acids is 2. The normalized spacial score (nSPS) is 10.0. The molecule has 0 saturated heterocycles. The summed E-state index contributed by atoms with van der Waals surface area (Å²) in [6.07, 6.45) is -2.84. The zero-order chi connectivity index (χ0) is 32.2. The van der Waals surface area contributed by atoms with E-state index in [0.717, 1.165) is 0 Å². The van der Waals surface area contributed by atoms with Crippen molar-refractivity contribution in [3.05, 3.63) is 107 Å². The van der Waals surface area contributed by atoms with Gasteiger partial charge in [-0.2, -0.15) is 0 Å². The zero-order valence-electron chi connectivity index (χ0n) is 22.4. The molecular weight excluding hydrogens is 584 g/mol. The van der Waals surface area contributed by atoms with Crippen LogP contribution < -0.4 is 18.9 Å². The summed E-state index contributed by atoms with van der Waals surface area (Å²) in [5.41, 5.74) is 1.22. The number of phenolic OH excluding ortho intramolecular Hbond substituents is 2. The summed E-state index contributed by atoms with van der Waals surface area (Å²) in [5, 5.41) is 54.2. The van der Waals surface area contributed by atoms with Crippen molar-refractivity contribution in [2.24, 2.45) is 0 Å². The van der Waals surface area contributed by atoms with Crippen LogP contribution in [0.15, 0.2) is 84.9 Å². The number of para-hydroxylation sites is 2. The van der Waals surface area contributed by atoms with Crippen LogP contribution in [0, 0.1) is 0 Å². The Balaban J connectivity index is 0.000000241. The predicted molar refractivity (Wildman–Crippen MR) is 149 cm³/mol. The van der Waals surface area contributed by atoms with Gasteiger partial charge in [0.1, 0.15) is 22.6 Å². The molecule has 0 bridgehead atoms. The monoisotopic (exact) mass is 608 g/mol. The maximum absolute atomic E-state index is 11.0. The summed E-state index contributed by atoms with van der Waals surface area (Å²) in [5.74, 6) is -3.00. The fourth-order valence-corrected chi connectivity index (χ4v) is 3.62. The van der Waals surface area contributed by atoms with Gasteiger partial charge in [-0.3, -0.25) is 0 Å². The molecule has 0 aliphatic carbocycles. The van der Waals surface area contributed by atoms with E-state index in [0.29, 0.717) is 11.1 Å². The Labute approximate surface area is 248 Å². The minimum Gasteiger partial charge on any atom is -0.504 e. The molecule has 0 fully saturated rings. The third kappa shape index (κ3) is 9.31. The predicted octanol–water partition coefficient (Wildman–Crippen LogP) is 5.30. The molecule has 0 aliphatic heterocycles. The van der Waals surface area contributed by atoms with E-state index in [1.165, 1.54) is 48.5 Å². The van der Waals surface area contributed by atoms with Crippen LogP contribution in [0.3, 0.4) is 0 Å². The molecule has 44 heavy (non-hydrogen) atoms. The number of carboxylic acid groups (broad SMARTS) is 4. The molecule has 6 N–H and O–H groups in total. The number of ether oxygens (including phenoxy) is 4. The number of phenols is 2. The lowest BCUT2D eigenvalue weighted by Crippen LogP contribution is -2.11. The van der Waals surface area contributed by atoms with Gasteiger partial charge >= 0.3 is 24.2 Å². The molecule has 0 spiro atoms. The van der Waals surface area contributed by atoms with Crippen molar-refractivity contribution >= 4 is 24.2 Å². The number of carbonyl (C=O) groups is 4. The highest BCUT2D eigenvalue weighted by Crippen LogP contribution is 2.31. The summed E-state index contributed by atoms with van der Waals surface area (Å²) < 4.78 is 19.4. The van der Waals surface area contributed by atoms with Gasteiger partial charge in [-0.25, -0.2) is 19.2 Å². The molecular formula is C30H24O14. The van der Waals surface area contributed by atoms with E-state index in [2.05, 4.69) is 9.47 Å². The number of aromatic carboxylic acids is 2. The molecule has 0 amide bonds. The Kier molecular flexibility index (Phi) is 10.9. The van der Waals surface area contributed by atoms with Gasteiger partial charge in [0.05, 0.1) is 0 Å². The van der Waals surface area contributed by atoms with Gasteiger partial charge in [-0.15, -0.1) is 0 Å². The first-order valence-electron chi connectivity index (χ1n) is 12.3. The molecule has 4 aromatic rings. The van der Waals surface area contributed by atoms with Gasteiger partial charge in [0.2, 0.25) is 6.79 Å².